The van der Waals surface area contributed by atoms with Crippen LogP contribution in [0.5, 0.6) is 5.75 Å². The molecule has 146 valence electrons. The quantitative estimate of drug-likeness (QED) is 0.627. The number of ether oxygens (including phenoxy) is 1. The summed E-state index contributed by atoms with van der Waals surface area (Å²) in [5.41, 5.74) is 0.829. The molecule has 28 heavy (non-hydrogen) atoms. The van der Waals surface area contributed by atoms with Crippen molar-refractivity contribution < 1.29 is 4.74 Å². The van der Waals surface area contributed by atoms with Gasteiger partial charge in [0.15, 0.2) is 11.2 Å². The lowest BCUT2D eigenvalue weighted by molar-refractivity contribution is 0.415. The molecule has 1 aromatic carbocycles. The molecular weight excluding hydrogens is 382 g/mol. The van der Waals surface area contributed by atoms with Gasteiger partial charge in [-0.25, -0.2) is 4.79 Å². The van der Waals surface area contributed by atoms with E-state index in [1.54, 1.807) is 38.4 Å². The van der Waals surface area contributed by atoms with Crippen LogP contribution in [0.4, 0.5) is 11.6 Å². The van der Waals surface area contributed by atoms with E-state index >= 15 is 0 Å². The van der Waals surface area contributed by atoms with Crippen molar-refractivity contribution >= 4 is 34.4 Å². The molecule has 0 aliphatic carbocycles. The van der Waals surface area contributed by atoms with Crippen LogP contribution in [0.2, 0.25) is 5.02 Å². The molecule has 4 rings (SSSR count). The molecule has 1 aliphatic heterocycles. The number of nitrogens with zero attached hydrogens (tertiary/aromatic N) is 5. The molecule has 0 N–H and O–H groups in total. The fourth-order valence-corrected chi connectivity index (χ4v) is 3.72. The number of anilines is 2. The van der Waals surface area contributed by atoms with Gasteiger partial charge in [0.1, 0.15) is 5.75 Å². The lowest BCUT2D eigenvalue weighted by atomic mass is 10.2. The molecule has 3 aromatic rings. The minimum atomic E-state index is -0.390. The Balaban J connectivity index is 1.96. The van der Waals surface area contributed by atoms with E-state index in [0.717, 1.165) is 5.69 Å². The van der Waals surface area contributed by atoms with Gasteiger partial charge in [-0.15, -0.1) is 0 Å². The highest BCUT2D eigenvalue weighted by molar-refractivity contribution is 6.31. The summed E-state index contributed by atoms with van der Waals surface area (Å²) in [4.78, 5) is 32.2. The summed E-state index contributed by atoms with van der Waals surface area (Å²) in [5.74, 6) is 1.25. The van der Waals surface area contributed by atoms with E-state index in [1.165, 1.54) is 9.13 Å². The summed E-state index contributed by atoms with van der Waals surface area (Å²) in [6.07, 6.45) is 3.59. The summed E-state index contributed by atoms with van der Waals surface area (Å²) in [5, 5.41) is 0.575. The zero-order valence-electron chi connectivity index (χ0n) is 15.8. The number of allylic oxidation sites excluding steroid dienone is 2. The van der Waals surface area contributed by atoms with Crippen molar-refractivity contribution in [2.75, 3.05) is 18.6 Å². The number of rotatable bonds is 4. The first kappa shape index (κ1) is 18.4. The Bertz CT molecular complexity index is 1220. The average Bonchev–Trinajstić information content (AvgIpc) is 3.25. The Kier molecular flexibility index (Phi) is 4.50. The maximum Gasteiger partial charge on any atom is 0.332 e. The third-order valence-electron chi connectivity index (χ3n) is 4.96. The van der Waals surface area contributed by atoms with Crippen LogP contribution in [0.15, 0.2) is 39.9 Å². The predicted molar refractivity (Wildman–Crippen MR) is 109 cm³/mol. The number of fused-ring (bicyclic) bond motifs is 3. The molecule has 0 fully saturated rings. The molecule has 3 heterocycles. The van der Waals surface area contributed by atoms with E-state index in [9.17, 15) is 9.59 Å². The van der Waals surface area contributed by atoms with Crippen molar-refractivity contribution in [3.8, 4) is 5.75 Å². The molecular formula is C19H20ClN5O3. The molecule has 0 amide bonds. The maximum atomic E-state index is 13.0. The van der Waals surface area contributed by atoms with Crippen LogP contribution in [0.25, 0.3) is 11.2 Å². The fraction of sp³-hybridized carbons (Fsp3) is 0.316. The van der Waals surface area contributed by atoms with Crippen LogP contribution in [-0.4, -0.2) is 32.3 Å². The highest BCUT2D eigenvalue weighted by atomic mass is 35.5. The van der Waals surface area contributed by atoms with Crippen LogP contribution < -0.4 is 20.9 Å². The van der Waals surface area contributed by atoms with Gasteiger partial charge in [-0.2, -0.15) is 4.98 Å². The molecule has 0 saturated heterocycles. The Hall–Kier alpha value is -3.00. The van der Waals surface area contributed by atoms with Crippen LogP contribution in [-0.2, 0) is 20.1 Å². The third-order valence-corrected chi connectivity index (χ3v) is 5.19. The minimum Gasteiger partial charge on any atom is -0.495 e. The van der Waals surface area contributed by atoms with E-state index in [1.807, 2.05) is 22.5 Å². The smallest absolute Gasteiger partial charge is 0.332 e. The molecule has 8 nitrogen and oxygen atoms in total. The van der Waals surface area contributed by atoms with Gasteiger partial charge in [-0.05, 0) is 25.1 Å². The van der Waals surface area contributed by atoms with Gasteiger partial charge in [0.2, 0.25) is 5.95 Å². The molecule has 0 bridgehead atoms. The topological polar surface area (TPSA) is 74.3 Å². The van der Waals surface area contributed by atoms with Gasteiger partial charge in [0.05, 0.1) is 12.8 Å². The van der Waals surface area contributed by atoms with Crippen LogP contribution in [0, 0.1) is 0 Å². The van der Waals surface area contributed by atoms with E-state index in [2.05, 4.69) is 4.98 Å². The van der Waals surface area contributed by atoms with E-state index in [4.69, 9.17) is 16.3 Å². The summed E-state index contributed by atoms with van der Waals surface area (Å²) >= 11 is 6.18. The van der Waals surface area contributed by atoms with Crippen LogP contribution in [0.3, 0.4) is 0 Å². The number of aryl methyl sites for hydroxylation is 1. The molecule has 0 atom stereocenters. The molecule has 2 aromatic heterocycles. The zero-order valence-corrected chi connectivity index (χ0v) is 16.6. The first-order valence-electron chi connectivity index (χ1n) is 8.90. The standard InChI is InChI=1S/C19H20ClN5O3/c1-4-5-8-25-17(26)15-16(22(2)19(25)27)21-18-23(9-10-24(15)18)13-11-12(20)6-7-14(13)28-3/h4-7,11H,8-10H2,1-3H3/b5-4+. The summed E-state index contributed by atoms with van der Waals surface area (Å²) in [6, 6.07) is 5.36. The van der Waals surface area contributed by atoms with E-state index in [0.29, 0.717) is 41.0 Å². The number of aromatic nitrogens is 4. The number of methoxy groups -OCH3 is 1. The molecule has 9 heteroatoms. The first-order valence-corrected chi connectivity index (χ1v) is 9.28. The molecule has 0 radical (unpaired) electrons. The number of hydrogen-bond donors (Lipinski definition) is 0. The fourth-order valence-electron chi connectivity index (χ4n) is 3.55. The largest absolute Gasteiger partial charge is 0.495 e. The van der Waals surface area contributed by atoms with Gasteiger partial charge in [0.25, 0.3) is 5.56 Å². The highest BCUT2D eigenvalue weighted by Crippen LogP contribution is 2.38. The maximum absolute atomic E-state index is 13.0. The predicted octanol–water partition coefficient (Wildman–Crippen LogP) is 2.29. The van der Waals surface area contributed by atoms with Crippen molar-refractivity contribution in [1.29, 1.82) is 0 Å². The summed E-state index contributed by atoms with van der Waals surface area (Å²) < 4.78 is 9.95. The van der Waals surface area contributed by atoms with Crippen molar-refractivity contribution in [3.63, 3.8) is 0 Å². The second-order valence-electron chi connectivity index (χ2n) is 6.53. The number of benzene rings is 1. The Morgan fingerprint density at radius 3 is 2.79 bits per heavy atom. The van der Waals surface area contributed by atoms with Gasteiger partial charge < -0.3 is 14.2 Å². The summed E-state index contributed by atoms with van der Waals surface area (Å²) in [6.45, 7) is 3.26. The van der Waals surface area contributed by atoms with Crippen molar-refractivity contribution in [1.82, 2.24) is 18.7 Å². The van der Waals surface area contributed by atoms with Crippen molar-refractivity contribution in [2.45, 2.75) is 20.0 Å². The monoisotopic (exact) mass is 401 g/mol. The van der Waals surface area contributed by atoms with E-state index < -0.39 is 0 Å². The molecule has 0 unspecified atom stereocenters. The lowest BCUT2D eigenvalue weighted by Crippen LogP contribution is -2.39. The Labute approximate surface area is 165 Å². The molecule has 0 spiro atoms. The third kappa shape index (κ3) is 2.63. The SMILES string of the molecule is C/C=C/Cn1c(=O)c2c(nc3n2CCN3c2cc(Cl)ccc2OC)n(C)c1=O. The van der Waals surface area contributed by atoms with Crippen molar-refractivity contribution in [2.24, 2.45) is 7.05 Å². The normalized spacial score (nSPS) is 13.6. The molecule has 1 aliphatic rings. The van der Waals surface area contributed by atoms with Gasteiger partial charge in [-0.3, -0.25) is 13.9 Å². The second-order valence-corrected chi connectivity index (χ2v) is 6.97. The summed E-state index contributed by atoms with van der Waals surface area (Å²) in [7, 11) is 3.22. The van der Waals surface area contributed by atoms with E-state index in [-0.39, 0.29) is 17.8 Å². The Morgan fingerprint density at radius 1 is 1.29 bits per heavy atom. The number of hydrogen-bond acceptors (Lipinski definition) is 5. The number of imidazole rings is 1. The molecule has 0 saturated carbocycles. The van der Waals surface area contributed by atoms with Gasteiger partial charge in [0, 0.05) is 31.7 Å². The number of halogens is 1. The average molecular weight is 402 g/mol. The highest BCUT2D eigenvalue weighted by Gasteiger charge is 2.30. The second kappa shape index (κ2) is 6.87. The first-order chi connectivity index (χ1) is 13.5. The lowest BCUT2D eigenvalue weighted by Gasteiger charge is -2.19. The zero-order chi connectivity index (χ0) is 20.0. The van der Waals surface area contributed by atoms with Crippen LogP contribution >= 0.6 is 11.6 Å². The Morgan fingerprint density at radius 2 is 2.07 bits per heavy atom. The van der Waals surface area contributed by atoms with Gasteiger partial charge >= 0.3 is 5.69 Å². The van der Waals surface area contributed by atoms with Gasteiger partial charge in [-0.1, -0.05) is 23.8 Å². The van der Waals surface area contributed by atoms with Crippen molar-refractivity contribution in [3.05, 3.63) is 56.2 Å². The minimum absolute atomic E-state index is 0.226. The van der Waals surface area contributed by atoms with Crippen LogP contribution in [0.1, 0.15) is 6.92 Å².